The fraction of sp³-hybridized carbons (Fsp3) is 0.652. The van der Waals surface area contributed by atoms with E-state index in [1.54, 1.807) is 0 Å². The van der Waals surface area contributed by atoms with Crippen molar-refractivity contribution in [3.8, 4) is 0 Å². The summed E-state index contributed by atoms with van der Waals surface area (Å²) in [6.07, 6.45) is 6.14. The number of benzene rings is 1. The van der Waals surface area contributed by atoms with Gasteiger partial charge in [0, 0.05) is 37.6 Å². The summed E-state index contributed by atoms with van der Waals surface area (Å²) in [5.74, 6) is 0.241. The maximum absolute atomic E-state index is 12.9. The number of amides is 2. The number of nitrogens with one attached hydrogen (secondary N) is 1. The van der Waals surface area contributed by atoms with Gasteiger partial charge in [-0.3, -0.25) is 14.5 Å². The lowest BCUT2D eigenvalue weighted by Gasteiger charge is -2.46. The van der Waals surface area contributed by atoms with Crippen LogP contribution in [0, 0.1) is 5.92 Å². The molecule has 0 aromatic heterocycles. The van der Waals surface area contributed by atoms with Crippen LogP contribution in [0.25, 0.3) is 0 Å². The second-order valence-electron chi connectivity index (χ2n) is 8.28. The van der Waals surface area contributed by atoms with Crippen LogP contribution >= 0.6 is 0 Å². The Morgan fingerprint density at radius 3 is 2.32 bits per heavy atom. The molecule has 0 radical (unpaired) electrons. The smallest absolute Gasteiger partial charge is 0.242 e. The second-order valence-corrected chi connectivity index (χ2v) is 8.28. The van der Waals surface area contributed by atoms with E-state index in [2.05, 4.69) is 48.3 Å². The number of rotatable bonds is 7. The number of carbonyl (C=O) groups excluding carboxylic acids is 2. The molecule has 1 aliphatic heterocycles. The van der Waals surface area contributed by atoms with Gasteiger partial charge in [0.25, 0.3) is 0 Å². The second kappa shape index (κ2) is 10.1. The molecule has 1 aliphatic carbocycles. The Kier molecular flexibility index (Phi) is 7.49. The molecular formula is C23H35N3O2. The van der Waals surface area contributed by atoms with Gasteiger partial charge in [-0.25, -0.2) is 0 Å². The first-order chi connectivity index (χ1) is 13.6. The first-order valence-corrected chi connectivity index (χ1v) is 11.0. The third-order valence-corrected chi connectivity index (χ3v) is 6.44. The molecule has 5 nitrogen and oxygen atoms in total. The van der Waals surface area contributed by atoms with E-state index in [-0.39, 0.29) is 30.3 Å². The van der Waals surface area contributed by atoms with Gasteiger partial charge in [0.1, 0.15) is 0 Å². The van der Waals surface area contributed by atoms with Gasteiger partial charge in [0.05, 0.1) is 6.54 Å². The molecule has 2 aliphatic rings. The summed E-state index contributed by atoms with van der Waals surface area (Å²) in [5.41, 5.74) is 1.32. The molecule has 2 atom stereocenters. The minimum absolute atomic E-state index is 0.0636. The van der Waals surface area contributed by atoms with Crippen molar-refractivity contribution in [3.05, 3.63) is 35.9 Å². The molecule has 2 amide bonds. The molecular weight excluding hydrogens is 350 g/mol. The summed E-state index contributed by atoms with van der Waals surface area (Å²) >= 11 is 0. The number of hydrogen-bond acceptors (Lipinski definition) is 3. The molecule has 1 N–H and O–H groups in total. The fourth-order valence-corrected chi connectivity index (χ4v) is 4.66. The summed E-state index contributed by atoms with van der Waals surface area (Å²) < 4.78 is 0. The van der Waals surface area contributed by atoms with Crippen LogP contribution in [0.3, 0.4) is 0 Å². The monoisotopic (exact) mass is 385 g/mol. The Bertz CT molecular complexity index is 643. The topological polar surface area (TPSA) is 52.7 Å². The first-order valence-electron chi connectivity index (χ1n) is 11.0. The molecule has 3 rings (SSSR count). The van der Waals surface area contributed by atoms with Gasteiger partial charge >= 0.3 is 0 Å². The molecule has 1 saturated carbocycles. The molecule has 1 heterocycles. The number of piperazine rings is 1. The Hall–Kier alpha value is -1.88. The summed E-state index contributed by atoms with van der Waals surface area (Å²) in [4.78, 5) is 29.7. The number of hydrogen-bond donors (Lipinski definition) is 1. The largest absolute Gasteiger partial charge is 0.347 e. The van der Waals surface area contributed by atoms with Crippen molar-refractivity contribution in [2.24, 2.45) is 5.92 Å². The number of carbonyl (C=O) groups is 2. The van der Waals surface area contributed by atoms with Crippen LogP contribution in [0.15, 0.2) is 30.3 Å². The lowest BCUT2D eigenvalue weighted by atomic mass is 10.0. The van der Waals surface area contributed by atoms with E-state index >= 15 is 0 Å². The maximum Gasteiger partial charge on any atom is 0.242 e. The molecule has 5 heteroatoms. The van der Waals surface area contributed by atoms with Crippen molar-refractivity contribution in [2.45, 2.75) is 71.0 Å². The minimum atomic E-state index is 0.0636. The molecule has 0 spiro atoms. The van der Waals surface area contributed by atoms with Crippen molar-refractivity contribution >= 4 is 11.8 Å². The van der Waals surface area contributed by atoms with Gasteiger partial charge in [-0.2, -0.15) is 0 Å². The SMILES string of the molecule is CCC1CN(C(=O)CNC(=O)C2CCCC2)C(CC)CN1Cc1ccccc1. The predicted octanol–water partition coefficient (Wildman–Crippen LogP) is 3.19. The maximum atomic E-state index is 12.9. The van der Waals surface area contributed by atoms with Crippen molar-refractivity contribution in [1.29, 1.82) is 0 Å². The van der Waals surface area contributed by atoms with Crippen LogP contribution in [0.4, 0.5) is 0 Å². The molecule has 28 heavy (non-hydrogen) atoms. The Balaban J connectivity index is 1.58. The van der Waals surface area contributed by atoms with E-state index < -0.39 is 0 Å². The van der Waals surface area contributed by atoms with Gasteiger partial charge in [0.2, 0.25) is 11.8 Å². The zero-order valence-corrected chi connectivity index (χ0v) is 17.4. The van der Waals surface area contributed by atoms with Crippen molar-refractivity contribution in [3.63, 3.8) is 0 Å². The fourth-order valence-electron chi connectivity index (χ4n) is 4.66. The summed E-state index contributed by atoms with van der Waals surface area (Å²) in [5, 5.41) is 2.91. The lowest BCUT2D eigenvalue weighted by Crippen LogP contribution is -2.60. The van der Waals surface area contributed by atoms with Gasteiger partial charge in [0.15, 0.2) is 0 Å². The van der Waals surface area contributed by atoms with E-state index in [9.17, 15) is 9.59 Å². The van der Waals surface area contributed by atoms with E-state index in [1.807, 2.05) is 11.0 Å². The van der Waals surface area contributed by atoms with Gasteiger partial charge in [-0.05, 0) is 31.2 Å². The number of nitrogens with zero attached hydrogens (tertiary/aromatic N) is 2. The molecule has 2 fully saturated rings. The highest BCUT2D eigenvalue weighted by molar-refractivity contribution is 5.86. The van der Waals surface area contributed by atoms with Crippen LogP contribution in [0.5, 0.6) is 0 Å². The predicted molar refractivity (Wildman–Crippen MR) is 112 cm³/mol. The van der Waals surface area contributed by atoms with E-state index in [4.69, 9.17) is 0 Å². The zero-order valence-electron chi connectivity index (χ0n) is 17.4. The highest BCUT2D eigenvalue weighted by atomic mass is 16.2. The summed E-state index contributed by atoms with van der Waals surface area (Å²) in [6.45, 7) is 7.05. The molecule has 154 valence electrons. The third-order valence-electron chi connectivity index (χ3n) is 6.44. The molecule has 2 unspecified atom stereocenters. The molecule has 1 saturated heterocycles. The normalized spacial score (nSPS) is 23.7. The van der Waals surface area contributed by atoms with Crippen molar-refractivity contribution in [2.75, 3.05) is 19.6 Å². The third kappa shape index (κ3) is 5.13. The summed E-state index contributed by atoms with van der Waals surface area (Å²) in [6, 6.07) is 11.1. The standard InChI is InChI=1S/C23H35N3O2/c1-3-20-17-26(22(27)14-24-23(28)19-12-8-9-13-19)21(4-2)16-25(20)15-18-10-6-5-7-11-18/h5-7,10-11,19-21H,3-4,8-9,12-17H2,1-2H3,(H,24,28). The summed E-state index contributed by atoms with van der Waals surface area (Å²) in [7, 11) is 0. The molecule has 1 aromatic rings. The van der Waals surface area contributed by atoms with Crippen LogP contribution in [0.1, 0.15) is 57.9 Å². The Morgan fingerprint density at radius 1 is 1.00 bits per heavy atom. The van der Waals surface area contributed by atoms with Crippen LogP contribution < -0.4 is 5.32 Å². The van der Waals surface area contributed by atoms with E-state index in [0.717, 1.165) is 58.2 Å². The molecule has 0 bridgehead atoms. The van der Waals surface area contributed by atoms with E-state index in [0.29, 0.717) is 6.04 Å². The lowest BCUT2D eigenvalue weighted by molar-refractivity contribution is -0.139. The van der Waals surface area contributed by atoms with Crippen molar-refractivity contribution < 1.29 is 9.59 Å². The first kappa shape index (κ1) is 20.8. The molecule has 1 aromatic carbocycles. The van der Waals surface area contributed by atoms with Gasteiger partial charge < -0.3 is 10.2 Å². The highest BCUT2D eigenvalue weighted by Gasteiger charge is 2.34. The van der Waals surface area contributed by atoms with Gasteiger partial charge in [-0.1, -0.05) is 57.0 Å². The van der Waals surface area contributed by atoms with Crippen LogP contribution in [-0.4, -0.2) is 53.3 Å². The van der Waals surface area contributed by atoms with Crippen LogP contribution in [0.2, 0.25) is 0 Å². The quantitative estimate of drug-likeness (QED) is 0.784. The Morgan fingerprint density at radius 2 is 1.68 bits per heavy atom. The van der Waals surface area contributed by atoms with Gasteiger partial charge in [-0.15, -0.1) is 0 Å². The van der Waals surface area contributed by atoms with Crippen molar-refractivity contribution in [1.82, 2.24) is 15.1 Å². The zero-order chi connectivity index (χ0) is 19.9. The average molecular weight is 386 g/mol. The Labute approximate surface area is 169 Å². The average Bonchev–Trinajstić information content (AvgIpc) is 3.27. The minimum Gasteiger partial charge on any atom is -0.347 e. The van der Waals surface area contributed by atoms with Crippen LogP contribution in [-0.2, 0) is 16.1 Å². The highest BCUT2D eigenvalue weighted by Crippen LogP contribution is 2.25. The van der Waals surface area contributed by atoms with E-state index in [1.165, 1.54) is 5.56 Å².